The van der Waals surface area contributed by atoms with E-state index in [0.29, 0.717) is 0 Å². The third kappa shape index (κ3) is 2.18. The minimum Gasteiger partial charge on any atom is -0.379 e. The van der Waals surface area contributed by atoms with Gasteiger partial charge in [0.25, 0.3) is 0 Å². The molecule has 0 aromatic heterocycles. The van der Waals surface area contributed by atoms with E-state index in [1.54, 1.807) is 0 Å². The van der Waals surface area contributed by atoms with Gasteiger partial charge in [-0.15, -0.1) is 0 Å². The van der Waals surface area contributed by atoms with E-state index in [0.717, 1.165) is 30.1 Å². The standard InChI is InChI=1S/C10H11F2NS/c11-7-1-2-9(12)10(5-7)13-8-3-4-14-6-8/h1-2,5,8,13H,3-4,6H2/t8-/m1/s1. The summed E-state index contributed by atoms with van der Waals surface area (Å²) in [7, 11) is 0. The van der Waals surface area contributed by atoms with Gasteiger partial charge in [-0.3, -0.25) is 0 Å². The molecular formula is C10H11F2NS. The zero-order chi connectivity index (χ0) is 9.97. The summed E-state index contributed by atoms with van der Waals surface area (Å²) in [5.41, 5.74) is 0.275. The topological polar surface area (TPSA) is 12.0 Å². The highest BCUT2D eigenvalue weighted by Crippen LogP contribution is 2.23. The number of rotatable bonds is 2. The molecule has 0 aliphatic carbocycles. The molecule has 76 valence electrons. The van der Waals surface area contributed by atoms with Crippen molar-refractivity contribution in [2.24, 2.45) is 0 Å². The lowest BCUT2D eigenvalue weighted by atomic mass is 10.2. The molecule has 1 aromatic carbocycles. The van der Waals surface area contributed by atoms with E-state index < -0.39 is 5.82 Å². The van der Waals surface area contributed by atoms with E-state index in [2.05, 4.69) is 5.32 Å². The molecule has 0 spiro atoms. The Hall–Kier alpha value is -0.770. The monoisotopic (exact) mass is 215 g/mol. The van der Waals surface area contributed by atoms with Gasteiger partial charge in [0.05, 0.1) is 5.69 Å². The lowest BCUT2D eigenvalue weighted by molar-refractivity contribution is 0.600. The van der Waals surface area contributed by atoms with Crippen LogP contribution in [-0.2, 0) is 0 Å². The number of anilines is 1. The highest BCUT2D eigenvalue weighted by Gasteiger charge is 2.16. The summed E-state index contributed by atoms with van der Waals surface area (Å²) in [5.74, 6) is 1.27. The van der Waals surface area contributed by atoms with Gasteiger partial charge in [-0.2, -0.15) is 11.8 Å². The first-order valence-electron chi connectivity index (χ1n) is 4.55. The second kappa shape index (κ2) is 4.17. The summed E-state index contributed by atoms with van der Waals surface area (Å²) in [6, 6.07) is 3.76. The van der Waals surface area contributed by atoms with Gasteiger partial charge in [-0.05, 0) is 30.4 Å². The predicted octanol–water partition coefficient (Wildman–Crippen LogP) is 2.88. The lowest BCUT2D eigenvalue weighted by Gasteiger charge is -2.13. The predicted molar refractivity (Wildman–Crippen MR) is 55.7 cm³/mol. The average Bonchev–Trinajstić information content (AvgIpc) is 2.64. The smallest absolute Gasteiger partial charge is 0.146 e. The van der Waals surface area contributed by atoms with E-state index in [9.17, 15) is 8.78 Å². The first kappa shape index (κ1) is 9.77. The van der Waals surface area contributed by atoms with Crippen molar-refractivity contribution in [1.82, 2.24) is 0 Å². The van der Waals surface area contributed by atoms with Crippen molar-refractivity contribution in [2.75, 3.05) is 16.8 Å². The molecule has 4 heteroatoms. The first-order valence-corrected chi connectivity index (χ1v) is 5.70. The van der Waals surface area contributed by atoms with Crippen LogP contribution >= 0.6 is 11.8 Å². The minimum absolute atomic E-state index is 0.274. The Morgan fingerprint density at radius 1 is 1.36 bits per heavy atom. The molecule has 1 saturated heterocycles. The largest absolute Gasteiger partial charge is 0.379 e. The number of hydrogen-bond acceptors (Lipinski definition) is 2. The lowest BCUT2D eigenvalue weighted by Crippen LogP contribution is -2.18. The Bertz CT molecular complexity index is 324. The summed E-state index contributed by atoms with van der Waals surface area (Å²) < 4.78 is 26.0. The van der Waals surface area contributed by atoms with Gasteiger partial charge in [0.15, 0.2) is 0 Å². The molecule has 0 bridgehead atoms. The third-order valence-electron chi connectivity index (χ3n) is 2.22. The van der Waals surface area contributed by atoms with Crippen molar-refractivity contribution in [3.63, 3.8) is 0 Å². The normalized spacial score (nSPS) is 21.1. The summed E-state index contributed by atoms with van der Waals surface area (Å²) in [5, 5.41) is 3.01. The number of thioether (sulfide) groups is 1. The minimum atomic E-state index is -0.403. The maximum atomic E-state index is 13.2. The molecule has 1 heterocycles. The molecule has 1 aromatic rings. The Balaban J connectivity index is 2.10. The Morgan fingerprint density at radius 3 is 2.93 bits per heavy atom. The maximum absolute atomic E-state index is 13.2. The molecular weight excluding hydrogens is 204 g/mol. The van der Waals surface area contributed by atoms with Crippen molar-refractivity contribution in [3.8, 4) is 0 Å². The van der Waals surface area contributed by atoms with Gasteiger partial charge in [0.2, 0.25) is 0 Å². The zero-order valence-electron chi connectivity index (χ0n) is 7.59. The van der Waals surface area contributed by atoms with E-state index in [4.69, 9.17) is 0 Å². The first-order chi connectivity index (χ1) is 6.75. The molecule has 1 aliphatic heterocycles. The van der Waals surface area contributed by atoms with Crippen LogP contribution in [0.1, 0.15) is 6.42 Å². The van der Waals surface area contributed by atoms with E-state index in [1.807, 2.05) is 11.8 Å². The number of nitrogens with one attached hydrogen (secondary N) is 1. The van der Waals surface area contributed by atoms with Crippen molar-refractivity contribution < 1.29 is 8.78 Å². The van der Waals surface area contributed by atoms with Crippen LogP contribution in [0.3, 0.4) is 0 Å². The van der Waals surface area contributed by atoms with Gasteiger partial charge in [0, 0.05) is 11.8 Å². The average molecular weight is 215 g/mol. The number of halogens is 2. The fourth-order valence-electron chi connectivity index (χ4n) is 1.48. The Kier molecular flexibility index (Phi) is 2.91. The molecule has 2 rings (SSSR count). The molecule has 1 aliphatic rings. The van der Waals surface area contributed by atoms with Crippen LogP contribution in [0.15, 0.2) is 18.2 Å². The fraction of sp³-hybridized carbons (Fsp3) is 0.400. The van der Waals surface area contributed by atoms with Crippen molar-refractivity contribution in [3.05, 3.63) is 29.8 Å². The van der Waals surface area contributed by atoms with Crippen LogP contribution < -0.4 is 5.32 Å². The van der Waals surface area contributed by atoms with Gasteiger partial charge in [-0.25, -0.2) is 8.78 Å². The quantitative estimate of drug-likeness (QED) is 0.814. The summed E-state index contributed by atoms with van der Waals surface area (Å²) in [6.07, 6.45) is 1.01. The summed E-state index contributed by atoms with van der Waals surface area (Å²) >= 11 is 1.83. The summed E-state index contributed by atoms with van der Waals surface area (Å²) in [6.45, 7) is 0. The Labute approximate surface area is 85.9 Å². The summed E-state index contributed by atoms with van der Waals surface area (Å²) in [4.78, 5) is 0. The molecule has 14 heavy (non-hydrogen) atoms. The molecule has 1 atom stereocenters. The van der Waals surface area contributed by atoms with Crippen LogP contribution in [0, 0.1) is 11.6 Å². The third-order valence-corrected chi connectivity index (χ3v) is 3.38. The second-order valence-electron chi connectivity index (χ2n) is 3.33. The zero-order valence-corrected chi connectivity index (χ0v) is 8.41. The van der Waals surface area contributed by atoms with Crippen molar-refractivity contribution in [1.29, 1.82) is 0 Å². The van der Waals surface area contributed by atoms with Crippen LogP contribution in [0.2, 0.25) is 0 Å². The molecule has 0 radical (unpaired) electrons. The molecule has 1 N–H and O–H groups in total. The Morgan fingerprint density at radius 2 is 2.21 bits per heavy atom. The molecule has 0 amide bonds. The van der Waals surface area contributed by atoms with Crippen molar-refractivity contribution >= 4 is 17.4 Å². The van der Waals surface area contributed by atoms with Crippen LogP contribution in [0.4, 0.5) is 14.5 Å². The van der Waals surface area contributed by atoms with E-state index in [-0.39, 0.29) is 17.5 Å². The maximum Gasteiger partial charge on any atom is 0.146 e. The van der Waals surface area contributed by atoms with Gasteiger partial charge >= 0.3 is 0 Å². The highest BCUT2D eigenvalue weighted by molar-refractivity contribution is 7.99. The van der Waals surface area contributed by atoms with Gasteiger partial charge < -0.3 is 5.32 Å². The van der Waals surface area contributed by atoms with E-state index >= 15 is 0 Å². The van der Waals surface area contributed by atoms with Crippen LogP contribution in [-0.4, -0.2) is 17.5 Å². The van der Waals surface area contributed by atoms with Crippen LogP contribution in [0.25, 0.3) is 0 Å². The van der Waals surface area contributed by atoms with Gasteiger partial charge in [-0.1, -0.05) is 0 Å². The highest BCUT2D eigenvalue weighted by atomic mass is 32.2. The van der Waals surface area contributed by atoms with E-state index in [1.165, 1.54) is 6.07 Å². The van der Waals surface area contributed by atoms with Crippen molar-refractivity contribution in [2.45, 2.75) is 12.5 Å². The number of hydrogen-bond donors (Lipinski definition) is 1. The molecule has 0 saturated carbocycles. The van der Waals surface area contributed by atoms with Crippen LogP contribution in [0.5, 0.6) is 0 Å². The molecule has 1 nitrogen and oxygen atoms in total. The number of benzene rings is 1. The molecule has 1 fully saturated rings. The SMILES string of the molecule is Fc1ccc(F)c(N[C@@H]2CCSC2)c1. The molecule has 0 unspecified atom stereocenters. The fourth-order valence-corrected chi connectivity index (χ4v) is 2.63. The second-order valence-corrected chi connectivity index (χ2v) is 4.48. The van der Waals surface area contributed by atoms with Gasteiger partial charge in [0.1, 0.15) is 11.6 Å².